The number of anilines is 1. The Morgan fingerprint density at radius 3 is 2.59 bits per heavy atom. The van der Waals surface area contributed by atoms with Crippen molar-refractivity contribution in [2.24, 2.45) is 0 Å². The number of rotatable bonds is 4. The molecule has 0 spiro atoms. The molecular weight excluding hydrogens is 233 g/mol. The van der Waals surface area contributed by atoms with Gasteiger partial charge in [0.2, 0.25) is 0 Å². The van der Waals surface area contributed by atoms with Gasteiger partial charge in [0, 0.05) is 13.1 Å². The molecule has 0 aliphatic rings. The second kappa shape index (κ2) is 5.50. The highest BCUT2D eigenvalue weighted by Crippen LogP contribution is 2.29. The minimum atomic E-state index is -4.51. The smallest absolute Gasteiger partial charge is 0.368 e. The number of likely N-dealkylation sites (N-methyl/N-ethyl adjacent to an activating group) is 1. The summed E-state index contributed by atoms with van der Waals surface area (Å²) in [5.74, 6) is -0.0439. The second-order valence-corrected chi connectivity index (χ2v) is 3.23. The molecule has 0 saturated heterocycles. The third-order valence-electron chi connectivity index (χ3n) is 1.97. The number of nitrogens with one attached hydrogen (secondary N) is 2. The fourth-order valence-electron chi connectivity index (χ4n) is 1.15. The van der Waals surface area contributed by atoms with Gasteiger partial charge in [0.25, 0.3) is 0 Å². The van der Waals surface area contributed by atoms with E-state index in [1.54, 1.807) is 13.1 Å². The Balaban J connectivity index is 2.96. The lowest BCUT2D eigenvalue weighted by Gasteiger charge is -2.10. The Morgan fingerprint density at radius 1 is 1.35 bits per heavy atom. The normalized spacial score (nSPS) is 11.0. The van der Waals surface area contributed by atoms with E-state index in [1.165, 1.54) is 0 Å². The number of pyridine rings is 1. The van der Waals surface area contributed by atoms with E-state index in [2.05, 4.69) is 15.6 Å². The summed E-state index contributed by atoms with van der Waals surface area (Å²) in [6.07, 6.45) is -4.51. The Bertz CT molecular complexity index is 423. The first-order chi connectivity index (χ1) is 7.99. The minimum Gasteiger partial charge on any atom is -0.368 e. The molecule has 17 heavy (non-hydrogen) atoms. The molecule has 1 rings (SSSR count). The van der Waals surface area contributed by atoms with Gasteiger partial charge in [-0.3, -0.25) is 0 Å². The minimum absolute atomic E-state index is 0.0439. The first-order valence-corrected chi connectivity index (χ1v) is 4.86. The van der Waals surface area contributed by atoms with Crippen LogP contribution in [0.25, 0.3) is 0 Å². The Labute approximate surface area is 96.5 Å². The number of aromatic nitrogens is 1. The van der Waals surface area contributed by atoms with Crippen molar-refractivity contribution in [1.29, 1.82) is 5.26 Å². The largest absolute Gasteiger partial charge is 0.433 e. The summed E-state index contributed by atoms with van der Waals surface area (Å²) in [5.41, 5.74) is -0.919. The lowest BCUT2D eigenvalue weighted by atomic mass is 10.2. The maximum Gasteiger partial charge on any atom is 0.433 e. The molecule has 1 aromatic heterocycles. The van der Waals surface area contributed by atoms with Gasteiger partial charge >= 0.3 is 6.18 Å². The van der Waals surface area contributed by atoms with Gasteiger partial charge in [0.15, 0.2) is 0 Å². The van der Waals surface area contributed by atoms with Crippen LogP contribution < -0.4 is 10.6 Å². The first kappa shape index (κ1) is 13.3. The van der Waals surface area contributed by atoms with Gasteiger partial charge in [-0.15, -0.1) is 0 Å². The van der Waals surface area contributed by atoms with Crippen molar-refractivity contribution in [2.75, 3.05) is 25.5 Å². The molecule has 0 radical (unpaired) electrons. The molecule has 7 heteroatoms. The number of alkyl halides is 3. The van der Waals surface area contributed by atoms with Crippen LogP contribution >= 0.6 is 0 Å². The molecule has 0 unspecified atom stereocenters. The van der Waals surface area contributed by atoms with Crippen molar-refractivity contribution in [3.05, 3.63) is 23.4 Å². The molecular formula is C10H11F3N4. The van der Waals surface area contributed by atoms with Gasteiger partial charge in [0.05, 0.1) is 5.56 Å². The number of nitrogens with zero attached hydrogens (tertiary/aromatic N) is 2. The van der Waals surface area contributed by atoms with Crippen LogP contribution in [-0.2, 0) is 6.18 Å². The summed E-state index contributed by atoms with van der Waals surface area (Å²) in [6.45, 7) is 0.947. The molecule has 0 bridgehead atoms. The van der Waals surface area contributed by atoms with Crippen LogP contribution in [0.3, 0.4) is 0 Å². The maximum absolute atomic E-state index is 12.4. The lowest BCUT2D eigenvalue weighted by Crippen LogP contribution is -2.19. The summed E-state index contributed by atoms with van der Waals surface area (Å²) in [6, 6.07) is 3.69. The fourth-order valence-corrected chi connectivity index (χ4v) is 1.15. The summed E-state index contributed by atoms with van der Waals surface area (Å²) >= 11 is 0. The topological polar surface area (TPSA) is 60.7 Å². The van der Waals surface area contributed by atoms with Crippen molar-refractivity contribution in [2.45, 2.75) is 6.18 Å². The van der Waals surface area contributed by atoms with E-state index in [1.807, 2.05) is 0 Å². The van der Waals surface area contributed by atoms with Crippen molar-refractivity contribution in [1.82, 2.24) is 10.3 Å². The lowest BCUT2D eigenvalue weighted by molar-refractivity contribution is -0.141. The molecule has 0 atom stereocenters. The average Bonchev–Trinajstić information content (AvgIpc) is 2.28. The van der Waals surface area contributed by atoms with Gasteiger partial charge in [0.1, 0.15) is 17.6 Å². The molecule has 0 saturated carbocycles. The first-order valence-electron chi connectivity index (χ1n) is 4.86. The monoisotopic (exact) mass is 244 g/mol. The molecule has 0 amide bonds. The molecule has 4 nitrogen and oxygen atoms in total. The van der Waals surface area contributed by atoms with Crippen LogP contribution in [0, 0.1) is 11.3 Å². The predicted molar refractivity (Wildman–Crippen MR) is 56.4 cm³/mol. The van der Waals surface area contributed by atoms with Crippen molar-refractivity contribution < 1.29 is 13.2 Å². The average molecular weight is 244 g/mol. The molecule has 1 heterocycles. The van der Waals surface area contributed by atoms with E-state index in [0.717, 1.165) is 12.1 Å². The van der Waals surface area contributed by atoms with E-state index < -0.39 is 11.9 Å². The third kappa shape index (κ3) is 3.60. The van der Waals surface area contributed by atoms with Crippen LogP contribution in [0.1, 0.15) is 11.3 Å². The van der Waals surface area contributed by atoms with Gasteiger partial charge in [-0.05, 0) is 19.2 Å². The molecule has 92 valence electrons. The molecule has 0 fully saturated rings. The van der Waals surface area contributed by atoms with E-state index >= 15 is 0 Å². The van der Waals surface area contributed by atoms with E-state index in [4.69, 9.17) is 5.26 Å². The molecule has 2 N–H and O–H groups in total. The number of hydrogen-bond donors (Lipinski definition) is 2. The number of nitriles is 1. The molecule has 0 aromatic carbocycles. The summed E-state index contributed by atoms with van der Waals surface area (Å²) in [7, 11) is 1.71. The van der Waals surface area contributed by atoms with E-state index in [9.17, 15) is 13.2 Å². The zero-order chi connectivity index (χ0) is 12.9. The van der Waals surface area contributed by atoms with Crippen molar-refractivity contribution >= 4 is 5.82 Å². The highest BCUT2D eigenvalue weighted by atomic mass is 19.4. The van der Waals surface area contributed by atoms with Gasteiger partial charge in [-0.25, -0.2) is 4.98 Å². The SMILES string of the molecule is CNCCNc1nc(C(F)(F)F)ccc1C#N. The van der Waals surface area contributed by atoms with E-state index in [-0.39, 0.29) is 11.4 Å². The maximum atomic E-state index is 12.4. The Morgan fingerprint density at radius 2 is 2.06 bits per heavy atom. The van der Waals surface area contributed by atoms with Crippen LogP contribution in [-0.4, -0.2) is 25.1 Å². The summed E-state index contributed by atoms with van der Waals surface area (Å²) < 4.78 is 37.2. The van der Waals surface area contributed by atoms with Crippen molar-refractivity contribution in [3.63, 3.8) is 0 Å². The standard InChI is InChI=1S/C10H11F3N4/c1-15-4-5-16-9-7(6-14)2-3-8(17-9)10(11,12)13/h2-3,15H,4-5H2,1H3,(H,16,17). The van der Waals surface area contributed by atoms with Crippen molar-refractivity contribution in [3.8, 4) is 6.07 Å². The number of hydrogen-bond acceptors (Lipinski definition) is 4. The summed E-state index contributed by atoms with van der Waals surface area (Å²) in [5, 5.41) is 14.2. The quantitative estimate of drug-likeness (QED) is 0.790. The zero-order valence-electron chi connectivity index (χ0n) is 9.10. The van der Waals surface area contributed by atoms with Crippen LogP contribution in [0.5, 0.6) is 0 Å². The highest BCUT2D eigenvalue weighted by molar-refractivity contribution is 5.52. The van der Waals surface area contributed by atoms with Crippen LogP contribution in [0.4, 0.5) is 19.0 Å². The predicted octanol–water partition coefficient (Wildman–Crippen LogP) is 1.60. The van der Waals surface area contributed by atoms with Crippen LogP contribution in [0.15, 0.2) is 12.1 Å². The van der Waals surface area contributed by atoms with Gasteiger partial charge in [-0.2, -0.15) is 18.4 Å². The van der Waals surface area contributed by atoms with E-state index in [0.29, 0.717) is 13.1 Å². The van der Waals surface area contributed by atoms with Gasteiger partial charge in [-0.1, -0.05) is 0 Å². The molecule has 0 aliphatic carbocycles. The molecule has 0 aliphatic heterocycles. The number of halogens is 3. The fraction of sp³-hybridized carbons (Fsp3) is 0.400. The third-order valence-corrected chi connectivity index (χ3v) is 1.97. The second-order valence-electron chi connectivity index (χ2n) is 3.23. The zero-order valence-corrected chi connectivity index (χ0v) is 9.10. The summed E-state index contributed by atoms with van der Waals surface area (Å²) in [4.78, 5) is 3.40. The molecule has 1 aromatic rings. The van der Waals surface area contributed by atoms with Crippen LogP contribution in [0.2, 0.25) is 0 Å². The van der Waals surface area contributed by atoms with Gasteiger partial charge < -0.3 is 10.6 Å². The Hall–Kier alpha value is -1.81. The highest BCUT2D eigenvalue weighted by Gasteiger charge is 2.33. The Kier molecular flexibility index (Phi) is 4.29.